The van der Waals surface area contributed by atoms with Crippen LogP contribution in [0.15, 0.2) is 0 Å². The summed E-state index contributed by atoms with van der Waals surface area (Å²) in [6.07, 6.45) is 2.45. The summed E-state index contributed by atoms with van der Waals surface area (Å²) in [6.45, 7) is 4.04. The van der Waals surface area contributed by atoms with Crippen LogP contribution in [0.2, 0.25) is 0 Å². The average Bonchev–Trinajstić information content (AvgIpc) is 2.44. The van der Waals surface area contributed by atoms with Gasteiger partial charge in [0.15, 0.2) is 0 Å². The highest BCUT2D eigenvalue weighted by Gasteiger charge is 2.55. The Bertz CT molecular complexity index is 204. The molecular formula is C8H14N2O. The van der Waals surface area contributed by atoms with Crippen molar-refractivity contribution in [2.24, 2.45) is 17.1 Å². The number of primary amides is 1. The van der Waals surface area contributed by atoms with E-state index >= 15 is 0 Å². The van der Waals surface area contributed by atoms with Crippen molar-refractivity contribution < 1.29 is 4.79 Å². The normalized spacial score (nSPS) is 41.5. The molecule has 2 amide bonds. The maximum absolute atomic E-state index is 10.8. The molecule has 1 aliphatic carbocycles. The zero-order valence-electron chi connectivity index (χ0n) is 6.84. The Morgan fingerprint density at radius 3 is 2.64 bits per heavy atom. The van der Waals surface area contributed by atoms with E-state index in [4.69, 9.17) is 5.73 Å². The second-order valence-corrected chi connectivity index (χ2v) is 3.98. The number of nitrogens with two attached hydrogens (primary N) is 1. The van der Waals surface area contributed by atoms with E-state index in [0.29, 0.717) is 5.41 Å². The van der Waals surface area contributed by atoms with Gasteiger partial charge in [0, 0.05) is 13.1 Å². The monoisotopic (exact) mass is 154 g/mol. The fraction of sp³-hybridized carbons (Fsp3) is 0.875. The number of likely N-dealkylation sites (tertiary alicyclic amines) is 1. The Hall–Kier alpha value is -0.730. The van der Waals surface area contributed by atoms with Crippen molar-refractivity contribution in [3.05, 3.63) is 0 Å². The Morgan fingerprint density at radius 1 is 1.73 bits per heavy atom. The molecule has 2 unspecified atom stereocenters. The lowest BCUT2D eigenvalue weighted by Gasteiger charge is -2.12. The van der Waals surface area contributed by atoms with Crippen LogP contribution in [0.4, 0.5) is 4.79 Å². The molecular weight excluding hydrogens is 140 g/mol. The molecule has 2 fully saturated rings. The molecule has 0 radical (unpaired) electrons. The van der Waals surface area contributed by atoms with Crippen LogP contribution in [0, 0.1) is 11.3 Å². The maximum Gasteiger partial charge on any atom is 0.314 e. The van der Waals surface area contributed by atoms with Gasteiger partial charge in [-0.2, -0.15) is 0 Å². The molecule has 3 nitrogen and oxygen atoms in total. The smallest absolute Gasteiger partial charge is 0.314 e. The van der Waals surface area contributed by atoms with Gasteiger partial charge in [-0.15, -0.1) is 0 Å². The van der Waals surface area contributed by atoms with Crippen molar-refractivity contribution in [2.75, 3.05) is 13.1 Å². The van der Waals surface area contributed by atoms with Gasteiger partial charge in [-0.3, -0.25) is 0 Å². The molecule has 1 saturated carbocycles. The van der Waals surface area contributed by atoms with Crippen molar-refractivity contribution in [2.45, 2.75) is 19.8 Å². The lowest BCUT2D eigenvalue weighted by atomic mass is 10.0. The van der Waals surface area contributed by atoms with Crippen LogP contribution in [0.3, 0.4) is 0 Å². The first-order valence-electron chi connectivity index (χ1n) is 4.18. The molecule has 11 heavy (non-hydrogen) atoms. The largest absolute Gasteiger partial charge is 0.351 e. The molecule has 0 aromatic rings. The number of amides is 2. The van der Waals surface area contributed by atoms with E-state index in [1.807, 2.05) is 0 Å². The van der Waals surface area contributed by atoms with Gasteiger partial charge in [0.1, 0.15) is 0 Å². The summed E-state index contributed by atoms with van der Waals surface area (Å²) < 4.78 is 0. The topological polar surface area (TPSA) is 46.3 Å². The van der Waals surface area contributed by atoms with Crippen LogP contribution < -0.4 is 5.73 Å². The summed E-state index contributed by atoms with van der Waals surface area (Å²) in [5, 5.41) is 0. The third-order valence-corrected chi connectivity index (χ3v) is 3.30. The molecule has 1 aliphatic heterocycles. The second-order valence-electron chi connectivity index (χ2n) is 3.98. The molecule has 0 bridgehead atoms. The first-order valence-corrected chi connectivity index (χ1v) is 4.18. The first kappa shape index (κ1) is 6.95. The van der Waals surface area contributed by atoms with E-state index in [-0.39, 0.29) is 6.03 Å². The molecule has 1 spiro atoms. The minimum Gasteiger partial charge on any atom is -0.351 e. The van der Waals surface area contributed by atoms with Crippen LogP contribution in [-0.4, -0.2) is 24.0 Å². The van der Waals surface area contributed by atoms with Crippen molar-refractivity contribution >= 4 is 6.03 Å². The fourth-order valence-corrected chi connectivity index (χ4v) is 2.20. The maximum atomic E-state index is 10.8. The number of urea groups is 1. The van der Waals surface area contributed by atoms with Crippen LogP contribution in [0.25, 0.3) is 0 Å². The molecule has 1 saturated heterocycles. The van der Waals surface area contributed by atoms with Gasteiger partial charge in [0.25, 0.3) is 0 Å². The number of nitrogens with zero attached hydrogens (tertiary/aromatic N) is 1. The van der Waals surface area contributed by atoms with Gasteiger partial charge < -0.3 is 10.6 Å². The molecule has 0 aromatic heterocycles. The average molecular weight is 154 g/mol. The highest BCUT2D eigenvalue weighted by atomic mass is 16.2. The van der Waals surface area contributed by atoms with Crippen molar-refractivity contribution in [3.63, 3.8) is 0 Å². The van der Waals surface area contributed by atoms with E-state index in [2.05, 4.69) is 6.92 Å². The molecule has 2 atom stereocenters. The minimum absolute atomic E-state index is 0.249. The zero-order valence-corrected chi connectivity index (χ0v) is 6.84. The van der Waals surface area contributed by atoms with Gasteiger partial charge in [0.2, 0.25) is 0 Å². The van der Waals surface area contributed by atoms with Crippen molar-refractivity contribution in [1.29, 1.82) is 0 Å². The van der Waals surface area contributed by atoms with Crippen molar-refractivity contribution in [1.82, 2.24) is 4.90 Å². The predicted octanol–water partition coefficient (Wildman–Crippen LogP) is 0.797. The molecule has 2 N–H and O–H groups in total. The summed E-state index contributed by atoms with van der Waals surface area (Å²) in [5.74, 6) is 0.812. The highest BCUT2D eigenvalue weighted by Crippen LogP contribution is 2.57. The Kier molecular flexibility index (Phi) is 1.20. The summed E-state index contributed by atoms with van der Waals surface area (Å²) >= 11 is 0. The minimum atomic E-state index is -0.249. The number of rotatable bonds is 0. The predicted molar refractivity (Wildman–Crippen MR) is 42.0 cm³/mol. The van der Waals surface area contributed by atoms with Gasteiger partial charge in [-0.25, -0.2) is 4.79 Å². The van der Waals surface area contributed by atoms with Crippen LogP contribution in [-0.2, 0) is 0 Å². The lowest BCUT2D eigenvalue weighted by molar-refractivity contribution is 0.215. The SMILES string of the molecule is CC1CC12CCN(C(N)=O)C2. The third kappa shape index (κ3) is 0.905. The van der Waals surface area contributed by atoms with Crippen molar-refractivity contribution in [3.8, 4) is 0 Å². The Morgan fingerprint density at radius 2 is 2.36 bits per heavy atom. The summed E-state index contributed by atoms with van der Waals surface area (Å²) in [6, 6.07) is -0.249. The number of carbonyl (C=O) groups is 1. The molecule has 62 valence electrons. The van der Waals surface area contributed by atoms with Gasteiger partial charge >= 0.3 is 6.03 Å². The third-order valence-electron chi connectivity index (χ3n) is 3.30. The van der Waals surface area contributed by atoms with Gasteiger partial charge in [-0.05, 0) is 24.2 Å². The first-order chi connectivity index (χ1) is 5.14. The lowest BCUT2D eigenvalue weighted by Crippen LogP contribution is -2.33. The molecule has 3 heteroatoms. The summed E-state index contributed by atoms with van der Waals surface area (Å²) in [4.78, 5) is 12.5. The second kappa shape index (κ2) is 1.90. The van der Waals surface area contributed by atoms with E-state index in [1.54, 1.807) is 4.90 Å². The van der Waals surface area contributed by atoms with Crippen LogP contribution in [0.5, 0.6) is 0 Å². The Balaban J connectivity index is 2.00. The number of hydrogen-bond acceptors (Lipinski definition) is 1. The van der Waals surface area contributed by atoms with Crippen LogP contribution in [0.1, 0.15) is 19.8 Å². The standard InChI is InChI=1S/C8H14N2O/c1-6-4-8(6)2-3-10(5-8)7(9)11/h6H,2-5H2,1H3,(H2,9,11). The van der Waals surface area contributed by atoms with E-state index < -0.39 is 0 Å². The molecule has 2 aliphatic rings. The van der Waals surface area contributed by atoms with Gasteiger partial charge in [-0.1, -0.05) is 6.92 Å². The number of hydrogen-bond donors (Lipinski definition) is 1. The zero-order chi connectivity index (χ0) is 8.06. The summed E-state index contributed by atoms with van der Waals surface area (Å²) in [7, 11) is 0. The van der Waals surface area contributed by atoms with E-state index in [0.717, 1.165) is 25.4 Å². The number of carbonyl (C=O) groups excluding carboxylic acids is 1. The van der Waals surface area contributed by atoms with E-state index in [1.165, 1.54) is 6.42 Å². The molecule has 1 heterocycles. The quantitative estimate of drug-likeness (QED) is 0.551. The van der Waals surface area contributed by atoms with Crippen LogP contribution >= 0.6 is 0 Å². The fourth-order valence-electron chi connectivity index (χ4n) is 2.20. The summed E-state index contributed by atoms with van der Waals surface area (Å²) in [5.41, 5.74) is 5.66. The van der Waals surface area contributed by atoms with Gasteiger partial charge in [0.05, 0.1) is 0 Å². The Labute approximate surface area is 66.5 Å². The molecule has 0 aromatic carbocycles. The highest BCUT2D eigenvalue weighted by molar-refractivity contribution is 5.72. The molecule has 2 rings (SSSR count). The van der Waals surface area contributed by atoms with E-state index in [9.17, 15) is 4.79 Å².